The van der Waals surface area contributed by atoms with Crippen LogP contribution in [0.3, 0.4) is 0 Å². The Kier molecular flexibility index (Phi) is 5.94. The van der Waals surface area contributed by atoms with Gasteiger partial charge in [0.05, 0.1) is 25.7 Å². The normalized spacial score (nSPS) is 14.6. The minimum absolute atomic E-state index is 0.0257. The highest BCUT2D eigenvalue weighted by Gasteiger charge is 2.22. The van der Waals surface area contributed by atoms with E-state index in [1.807, 2.05) is 34.9 Å². The molecule has 1 saturated heterocycles. The number of amides is 1. The molecule has 0 spiro atoms. The molecule has 0 atom stereocenters. The third-order valence-electron chi connectivity index (χ3n) is 5.29. The minimum Gasteiger partial charge on any atom is -0.493 e. The summed E-state index contributed by atoms with van der Waals surface area (Å²) in [6, 6.07) is 14.7. The molecule has 1 amide bonds. The van der Waals surface area contributed by atoms with Crippen LogP contribution in [0.2, 0.25) is 0 Å². The summed E-state index contributed by atoms with van der Waals surface area (Å²) in [5.41, 5.74) is 1.18. The van der Waals surface area contributed by atoms with Crippen molar-refractivity contribution in [1.29, 1.82) is 0 Å². The van der Waals surface area contributed by atoms with Gasteiger partial charge in [-0.2, -0.15) is 0 Å². The Morgan fingerprint density at radius 1 is 1.10 bits per heavy atom. The van der Waals surface area contributed by atoms with Crippen LogP contribution < -0.4 is 14.4 Å². The molecule has 0 radical (unpaired) electrons. The zero-order valence-corrected chi connectivity index (χ0v) is 16.9. The molecule has 1 aliphatic heterocycles. The fraction of sp³-hybridized carbons (Fsp3) is 0.318. The number of aromatic hydroxyl groups is 1. The number of carbonyl (C=O) groups excluding carboxylic acids is 1. The van der Waals surface area contributed by atoms with E-state index >= 15 is 0 Å². The Morgan fingerprint density at radius 3 is 2.57 bits per heavy atom. The number of benzene rings is 2. The smallest absolute Gasteiger partial charge is 0.302 e. The molecular formula is C22H25N4O4+. The lowest BCUT2D eigenvalue weighted by Crippen LogP contribution is -3.09. The van der Waals surface area contributed by atoms with Gasteiger partial charge in [0.15, 0.2) is 30.5 Å². The summed E-state index contributed by atoms with van der Waals surface area (Å²) < 4.78 is 12.5. The second-order valence-corrected chi connectivity index (χ2v) is 7.27. The van der Waals surface area contributed by atoms with Crippen molar-refractivity contribution in [3.05, 3.63) is 48.5 Å². The van der Waals surface area contributed by atoms with Gasteiger partial charge in [0.2, 0.25) is 5.88 Å². The fourth-order valence-corrected chi connectivity index (χ4v) is 3.80. The molecular weight excluding hydrogens is 384 g/mol. The summed E-state index contributed by atoms with van der Waals surface area (Å²) in [5.74, 6) is 0.462. The third kappa shape index (κ3) is 4.13. The van der Waals surface area contributed by atoms with Gasteiger partial charge in [-0.15, -0.1) is 10.2 Å². The number of hydrogen-bond acceptors (Lipinski definition) is 5. The third-order valence-corrected chi connectivity index (χ3v) is 5.29. The molecule has 0 bridgehead atoms. The van der Waals surface area contributed by atoms with Crippen LogP contribution in [0, 0.1) is 0 Å². The molecule has 3 aromatic rings. The van der Waals surface area contributed by atoms with Gasteiger partial charge in [-0.05, 0) is 18.2 Å². The van der Waals surface area contributed by atoms with E-state index in [2.05, 4.69) is 10.2 Å². The second kappa shape index (κ2) is 8.96. The van der Waals surface area contributed by atoms with Crippen molar-refractivity contribution >= 4 is 22.5 Å². The summed E-state index contributed by atoms with van der Waals surface area (Å²) in [6.07, 6.45) is 2.39. The van der Waals surface area contributed by atoms with Gasteiger partial charge in [-0.25, -0.2) is 0 Å². The first-order chi connectivity index (χ1) is 14.7. The van der Waals surface area contributed by atoms with Crippen LogP contribution in [0.5, 0.6) is 17.4 Å². The Labute approximate surface area is 174 Å². The van der Waals surface area contributed by atoms with E-state index in [-0.39, 0.29) is 12.5 Å². The standard InChI is InChI=1S/C22H24N4O4/c1-29-18-10-4-5-11-19(18)30-14-20(27)23-24-21-16-8-2-3-9-17(16)26(22(21)28)15-25-12-6-7-13-25/h2-5,8-11,28H,6-7,12-15H2,1H3/p+1. The van der Waals surface area contributed by atoms with E-state index in [0.29, 0.717) is 23.9 Å². The summed E-state index contributed by atoms with van der Waals surface area (Å²) in [6.45, 7) is 2.55. The molecule has 4 rings (SSSR count). The number of rotatable bonds is 7. The lowest BCUT2D eigenvalue weighted by molar-refractivity contribution is -0.910. The number of nitrogens with zero attached hydrogens (tertiary/aromatic N) is 3. The molecule has 30 heavy (non-hydrogen) atoms. The van der Waals surface area contributed by atoms with E-state index in [4.69, 9.17) is 9.47 Å². The van der Waals surface area contributed by atoms with Crippen molar-refractivity contribution in [2.24, 2.45) is 10.2 Å². The van der Waals surface area contributed by atoms with Crippen molar-refractivity contribution in [3.8, 4) is 17.4 Å². The molecule has 156 valence electrons. The van der Waals surface area contributed by atoms with Gasteiger partial charge in [0, 0.05) is 18.2 Å². The maximum Gasteiger partial charge on any atom is 0.302 e. The second-order valence-electron chi connectivity index (χ2n) is 7.27. The van der Waals surface area contributed by atoms with Gasteiger partial charge in [0.25, 0.3) is 0 Å². The molecule has 1 fully saturated rings. The van der Waals surface area contributed by atoms with Gasteiger partial charge in [-0.1, -0.05) is 30.3 Å². The van der Waals surface area contributed by atoms with E-state index < -0.39 is 5.91 Å². The molecule has 2 N–H and O–H groups in total. The number of likely N-dealkylation sites (tertiary alicyclic amines) is 1. The lowest BCUT2D eigenvalue weighted by Gasteiger charge is -2.14. The fourth-order valence-electron chi connectivity index (χ4n) is 3.80. The molecule has 8 nitrogen and oxygen atoms in total. The van der Waals surface area contributed by atoms with Gasteiger partial charge >= 0.3 is 5.91 Å². The lowest BCUT2D eigenvalue weighted by atomic mass is 10.2. The van der Waals surface area contributed by atoms with Gasteiger partial charge in [-0.3, -0.25) is 9.36 Å². The van der Waals surface area contributed by atoms with Crippen molar-refractivity contribution in [2.45, 2.75) is 19.5 Å². The number of hydrogen-bond donors (Lipinski definition) is 2. The quantitative estimate of drug-likeness (QED) is 0.587. The Bertz CT molecular complexity index is 1070. The number of azo groups is 1. The molecule has 0 aliphatic carbocycles. The van der Waals surface area contributed by atoms with E-state index in [1.165, 1.54) is 24.9 Å². The highest BCUT2D eigenvalue weighted by atomic mass is 16.5. The zero-order chi connectivity index (χ0) is 20.9. The van der Waals surface area contributed by atoms with Crippen molar-refractivity contribution < 1.29 is 24.3 Å². The number of fused-ring (bicyclic) bond motifs is 1. The van der Waals surface area contributed by atoms with Crippen molar-refractivity contribution in [1.82, 2.24) is 4.57 Å². The molecule has 1 aliphatic rings. The van der Waals surface area contributed by atoms with Crippen LogP contribution in [-0.2, 0) is 11.5 Å². The van der Waals surface area contributed by atoms with Crippen LogP contribution in [0.15, 0.2) is 58.8 Å². The summed E-state index contributed by atoms with van der Waals surface area (Å²) in [4.78, 5) is 13.6. The number of nitrogens with one attached hydrogen (secondary N) is 1. The average molecular weight is 409 g/mol. The van der Waals surface area contributed by atoms with Crippen molar-refractivity contribution in [2.75, 3.05) is 26.8 Å². The first kappa shape index (κ1) is 19.9. The SMILES string of the molecule is COc1ccccc1OCC(=O)N=Nc1c(O)n(C[NH+]2CCCC2)c2ccccc12. The predicted molar refractivity (Wildman–Crippen MR) is 112 cm³/mol. The zero-order valence-electron chi connectivity index (χ0n) is 16.9. The Hall–Kier alpha value is -3.39. The Morgan fingerprint density at radius 2 is 1.80 bits per heavy atom. The molecule has 1 aromatic heterocycles. The number of ether oxygens (including phenoxy) is 2. The monoisotopic (exact) mass is 409 g/mol. The largest absolute Gasteiger partial charge is 0.493 e. The minimum atomic E-state index is -0.553. The molecule has 2 heterocycles. The molecule has 0 unspecified atom stereocenters. The number of aromatic nitrogens is 1. The predicted octanol–water partition coefficient (Wildman–Crippen LogP) is 2.68. The van der Waals surface area contributed by atoms with Gasteiger partial charge < -0.3 is 19.5 Å². The number of carbonyl (C=O) groups is 1. The van der Waals surface area contributed by atoms with E-state index in [1.54, 1.807) is 18.2 Å². The average Bonchev–Trinajstić information content (AvgIpc) is 3.38. The number of para-hydroxylation sites is 3. The van der Waals surface area contributed by atoms with Gasteiger partial charge in [0.1, 0.15) is 0 Å². The highest BCUT2D eigenvalue weighted by Crippen LogP contribution is 2.38. The van der Waals surface area contributed by atoms with Crippen LogP contribution >= 0.6 is 0 Å². The van der Waals surface area contributed by atoms with Crippen LogP contribution in [0.1, 0.15) is 12.8 Å². The molecule has 8 heteroatoms. The first-order valence-corrected chi connectivity index (χ1v) is 10.0. The highest BCUT2D eigenvalue weighted by molar-refractivity contribution is 5.95. The number of quaternary nitrogens is 1. The molecule has 2 aromatic carbocycles. The van der Waals surface area contributed by atoms with Crippen molar-refractivity contribution in [3.63, 3.8) is 0 Å². The summed E-state index contributed by atoms with van der Waals surface area (Å²) in [7, 11) is 1.53. The van der Waals surface area contributed by atoms with Crippen LogP contribution in [-0.4, -0.2) is 42.4 Å². The molecule has 0 saturated carbocycles. The summed E-state index contributed by atoms with van der Waals surface area (Å²) >= 11 is 0. The Balaban J connectivity index is 1.52. The first-order valence-electron chi connectivity index (χ1n) is 10.0. The van der Waals surface area contributed by atoms with E-state index in [0.717, 1.165) is 24.0 Å². The number of methoxy groups -OCH3 is 1. The summed E-state index contributed by atoms with van der Waals surface area (Å²) in [5, 5.41) is 19.4. The van der Waals surface area contributed by atoms with Crippen LogP contribution in [0.4, 0.5) is 5.69 Å². The topological polar surface area (TPSA) is 89.8 Å². The van der Waals surface area contributed by atoms with E-state index in [9.17, 15) is 9.90 Å². The van der Waals surface area contributed by atoms with Crippen LogP contribution in [0.25, 0.3) is 10.9 Å². The maximum atomic E-state index is 12.2. The maximum absolute atomic E-state index is 12.2.